The third-order valence-electron chi connectivity index (χ3n) is 7.63. The fraction of sp³-hybridized carbons (Fsp3) is 0.700. The minimum Gasteiger partial charge on any atom is -0.462 e. The summed E-state index contributed by atoms with van der Waals surface area (Å²) in [7, 11) is 1.43. The van der Waals surface area contributed by atoms with Crippen LogP contribution >= 0.6 is 7.82 Å². The number of allylic oxidation sites excluding steroid dienone is 10. The lowest BCUT2D eigenvalue weighted by Gasteiger charge is -2.24. The Morgan fingerprint density at radius 3 is 1.76 bits per heavy atom. The number of carbonyl (C=O) groups excluding carboxylic acids is 2. The Labute approximate surface area is 305 Å². The van der Waals surface area contributed by atoms with Crippen molar-refractivity contribution in [3.8, 4) is 0 Å². The molecule has 0 saturated carbocycles. The van der Waals surface area contributed by atoms with E-state index in [2.05, 4.69) is 38.2 Å². The van der Waals surface area contributed by atoms with Crippen molar-refractivity contribution in [3.63, 3.8) is 0 Å². The standard InChI is InChI=1S/C40H70NO8P/c1-6-8-10-12-14-16-18-20-22-24-26-28-30-32-39(42)46-36-38(37-48-50(44,45)47-35-34-41(3,4)5)49-40(43)33-31-29-27-25-23-21-19-17-15-13-11-9-7-2/h9,11,13,15,17,19-23,38H,6-8,10,12,14,16,18,24-37H2,1-5H3/p+1/b11-9+,15-13+,19-17+,22-20+,23-21+. The number of hydrogen-bond acceptors (Lipinski definition) is 7. The maximum atomic E-state index is 12.6. The molecule has 50 heavy (non-hydrogen) atoms. The lowest BCUT2D eigenvalue weighted by molar-refractivity contribution is -0.870. The van der Waals surface area contributed by atoms with E-state index < -0.39 is 32.5 Å². The minimum absolute atomic E-state index is 0.0187. The zero-order valence-electron chi connectivity index (χ0n) is 32.1. The monoisotopic (exact) mass is 724 g/mol. The topological polar surface area (TPSA) is 108 Å². The molecule has 0 aromatic carbocycles. The Morgan fingerprint density at radius 1 is 0.640 bits per heavy atom. The second-order valence-corrected chi connectivity index (χ2v) is 15.1. The Bertz CT molecular complexity index is 1040. The Morgan fingerprint density at radius 2 is 1.16 bits per heavy atom. The first-order chi connectivity index (χ1) is 24.0. The highest BCUT2D eigenvalue weighted by molar-refractivity contribution is 7.47. The van der Waals surface area contributed by atoms with Crippen LogP contribution in [0.15, 0.2) is 60.8 Å². The third kappa shape index (κ3) is 35.5. The molecule has 10 heteroatoms. The van der Waals surface area contributed by atoms with E-state index in [0.29, 0.717) is 23.9 Å². The highest BCUT2D eigenvalue weighted by atomic mass is 31.2. The van der Waals surface area contributed by atoms with Gasteiger partial charge >= 0.3 is 19.8 Å². The lowest BCUT2D eigenvalue weighted by atomic mass is 10.1. The summed E-state index contributed by atoms with van der Waals surface area (Å²) in [5, 5.41) is 0. The Kier molecular flexibility index (Phi) is 31.1. The quantitative estimate of drug-likeness (QED) is 0.0178. The van der Waals surface area contributed by atoms with Gasteiger partial charge in [-0.1, -0.05) is 120 Å². The zero-order valence-corrected chi connectivity index (χ0v) is 33.0. The molecule has 0 aromatic rings. The molecule has 1 N–H and O–H groups in total. The summed E-state index contributed by atoms with van der Waals surface area (Å²) in [4.78, 5) is 35.1. The van der Waals surface area contributed by atoms with Gasteiger partial charge in [0.05, 0.1) is 27.7 Å². The number of esters is 2. The van der Waals surface area contributed by atoms with Crippen LogP contribution in [0, 0.1) is 0 Å². The van der Waals surface area contributed by atoms with Gasteiger partial charge in [-0.15, -0.1) is 0 Å². The molecule has 0 bridgehead atoms. The van der Waals surface area contributed by atoms with Crippen LogP contribution in [0.3, 0.4) is 0 Å². The number of hydrogen-bond donors (Lipinski definition) is 1. The summed E-state index contributed by atoms with van der Waals surface area (Å²) in [6, 6.07) is 0. The van der Waals surface area contributed by atoms with Crippen molar-refractivity contribution in [2.45, 2.75) is 136 Å². The molecule has 9 nitrogen and oxygen atoms in total. The molecule has 2 atom stereocenters. The second-order valence-electron chi connectivity index (χ2n) is 13.7. The van der Waals surface area contributed by atoms with Gasteiger partial charge in [-0.05, 0) is 57.8 Å². The molecule has 0 heterocycles. The molecule has 0 spiro atoms. The van der Waals surface area contributed by atoms with Crippen molar-refractivity contribution in [1.29, 1.82) is 0 Å². The summed E-state index contributed by atoms with van der Waals surface area (Å²) >= 11 is 0. The van der Waals surface area contributed by atoms with Crippen LogP contribution in [0.1, 0.15) is 129 Å². The molecule has 0 radical (unpaired) electrons. The number of rotatable bonds is 33. The van der Waals surface area contributed by atoms with Crippen molar-refractivity contribution in [1.82, 2.24) is 0 Å². The van der Waals surface area contributed by atoms with Gasteiger partial charge in [0.15, 0.2) is 6.10 Å². The van der Waals surface area contributed by atoms with Gasteiger partial charge < -0.3 is 18.9 Å². The van der Waals surface area contributed by atoms with Crippen LogP contribution in [-0.2, 0) is 32.7 Å². The van der Waals surface area contributed by atoms with E-state index in [4.69, 9.17) is 18.5 Å². The SMILES string of the molecule is CC/C=C/C=C/C=C/C=C/CCCCCC(=O)OC(COC(=O)CCCCC/C=C/CCCCCCCC)COP(=O)(O)OCC[N+](C)(C)C. The van der Waals surface area contributed by atoms with Gasteiger partial charge in [0.1, 0.15) is 19.8 Å². The number of unbranched alkanes of at least 4 members (excludes halogenated alkanes) is 12. The Hall–Kier alpha value is -2.29. The van der Waals surface area contributed by atoms with Crippen molar-refractivity contribution < 1.29 is 42.1 Å². The normalized spacial score (nSPS) is 14.4. The molecule has 0 aromatic heterocycles. The predicted octanol–water partition coefficient (Wildman–Crippen LogP) is 10.1. The average molecular weight is 725 g/mol. The summed E-state index contributed by atoms with van der Waals surface area (Å²) in [5.41, 5.74) is 0. The van der Waals surface area contributed by atoms with Crippen LogP contribution in [-0.4, -0.2) is 74.9 Å². The number of nitrogens with zero attached hydrogens (tertiary/aromatic N) is 1. The number of quaternary nitrogens is 1. The first kappa shape index (κ1) is 47.7. The van der Waals surface area contributed by atoms with Crippen LogP contribution in [0.2, 0.25) is 0 Å². The first-order valence-corrected chi connectivity index (χ1v) is 20.6. The van der Waals surface area contributed by atoms with Crippen LogP contribution in [0.5, 0.6) is 0 Å². The maximum Gasteiger partial charge on any atom is 0.472 e. The fourth-order valence-corrected chi connectivity index (χ4v) is 5.35. The molecule has 2 unspecified atom stereocenters. The molecule has 0 rings (SSSR count). The number of ether oxygens (including phenoxy) is 2. The van der Waals surface area contributed by atoms with Gasteiger partial charge in [0.25, 0.3) is 0 Å². The molecule has 288 valence electrons. The minimum atomic E-state index is -4.38. The van der Waals surface area contributed by atoms with Crippen LogP contribution in [0.4, 0.5) is 0 Å². The smallest absolute Gasteiger partial charge is 0.462 e. The summed E-state index contributed by atoms with van der Waals surface area (Å²) < 4.78 is 34.1. The van der Waals surface area contributed by atoms with Gasteiger partial charge in [0.2, 0.25) is 0 Å². The summed E-state index contributed by atoms with van der Waals surface area (Å²) in [5.74, 6) is -0.872. The molecule has 0 aliphatic rings. The van der Waals surface area contributed by atoms with Gasteiger partial charge in [-0.3, -0.25) is 18.6 Å². The second kappa shape index (κ2) is 32.6. The van der Waals surface area contributed by atoms with Crippen molar-refractivity contribution in [2.24, 2.45) is 0 Å². The summed E-state index contributed by atoms with van der Waals surface area (Å²) in [6.45, 7) is 4.17. The number of phosphoric acid groups is 1. The van der Waals surface area contributed by atoms with E-state index in [0.717, 1.165) is 51.4 Å². The van der Waals surface area contributed by atoms with Gasteiger partial charge in [-0.25, -0.2) is 4.57 Å². The Balaban J connectivity index is 4.56. The molecule has 0 amide bonds. The van der Waals surface area contributed by atoms with Crippen molar-refractivity contribution >= 4 is 19.8 Å². The van der Waals surface area contributed by atoms with E-state index in [-0.39, 0.29) is 26.1 Å². The van der Waals surface area contributed by atoms with E-state index in [1.807, 2.05) is 57.6 Å². The average Bonchev–Trinajstić information content (AvgIpc) is 3.06. The van der Waals surface area contributed by atoms with Crippen LogP contribution < -0.4 is 0 Å². The number of carbonyl (C=O) groups is 2. The van der Waals surface area contributed by atoms with E-state index in [1.165, 1.54) is 38.5 Å². The molecule has 0 saturated heterocycles. The van der Waals surface area contributed by atoms with Gasteiger partial charge in [0, 0.05) is 12.8 Å². The summed E-state index contributed by atoms with van der Waals surface area (Å²) in [6.07, 6.45) is 37.0. The van der Waals surface area contributed by atoms with Crippen molar-refractivity contribution in [2.75, 3.05) is 47.5 Å². The highest BCUT2D eigenvalue weighted by Crippen LogP contribution is 2.43. The van der Waals surface area contributed by atoms with Crippen molar-refractivity contribution in [3.05, 3.63) is 60.8 Å². The highest BCUT2D eigenvalue weighted by Gasteiger charge is 2.27. The molecular formula is C40H71NO8P+. The number of likely N-dealkylation sites (N-methyl/N-ethyl adjacent to an activating group) is 1. The van der Waals surface area contributed by atoms with E-state index in [9.17, 15) is 19.0 Å². The van der Waals surface area contributed by atoms with E-state index in [1.54, 1.807) is 0 Å². The largest absolute Gasteiger partial charge is 0.472 e. The molecule has 0 fully saturated rings. The third-order valence-corrected chi connectivity index (χ3v) is 8.61. The molecular weight excluding hydrogens is 653 g/mol. The number of phosphoric ester groups is 1. The lowest BCUT2D eigenvalue weighted by Crippen LogP contribution is -2.37. The fourth-order valence-electron chi connectivity index (χ4n) is 4.60. The zero-order chi connectivity index (χ0) is 37.2. The van der Waals surface area contributed by atoms with Gasteiger partial charge in [-0.2, -0.15) is 0 Å². The predicted molar refractivity (Wildman–Crippen MR) is 206 cm³/mol. The first-order valence-electron chi connectivity index (χ1n) is 19.1. The van der Waals surface area contributed by atoms with E-state index >= 15 is 0 Å². The maximum absolute atomic E-state index is 12.6. The molecule has 0 aliphatic carbocycles. The molecule has 0 aliphatic heterocycles. The van der Waals surface area contributed by atoms with Crippen LogP contribution in [0.25, 0.3) is 0 Å².